The second-order valence-corrected chi connectivity index (χ2v) is 3.02. The highest BCUT2D eigenvalue weighted by atomic mass is 19.4. The molecule has 8 heteroatoms. The van der Waals surface area contributed by atoms with Gasteiger partial charge in [0.25, 0.3) is 0 Å². The summed E-state index contributed by atoms with van der Waals surface area (Å²) in [6.45, 7) is 5.26. The molecule has 110 valence electrons. The van der Waals surface area contributed by atoms with Crippen LogP contribution in [-0.4, -0.2) is 12.7 Å². The largest absolute Gasteiger partial charge is 0.573 e. The van der Waals surface area contributed by atoms with E-state index in [-0.39, 0.29) is 5.56 Å². The van der Waals surface area contributed by atoms with Crippen LogP contribution in [0.3, 0.4) is 0 Å². The van der Waals surface area contributed by atoms with E-state index in [9.17, 15) is 26.3 Å². The van der Waals surface area contributed by atoms with E-state index >= 15 is 0 Å². The van der Waals surface area contributed by atoms with Gasteiger partial charge in [0.1, 0.15) is 11.5 Å². The van der Waals surface area contributed by atoms with Gasteiger partial charge in [-0.15, -0.1) is 26.3 Å². The second-order valence-electron chi connectivity index (χ2n) is 3.02. The van der Waals surface area contributed by atoms with Crippen LogP contribution in [0.5, 0.6) is 11.5 Å². The lowest BCUT2D eigenvalue weighted by Crippen LogP contribution is -2.19. The number of benzene rings is 1. The summed E-state index contributed by atoms with van der Waals surface area (Å²) in [6, 6.07) is 2.45. The number of ether oxygens (including phenoxy) is 2. The van der Waals surface area contributed by atoms with E-state index in [0.29, 0.717) is 6.07 Å². The predicted octanol–water partition coefficient (Wildman–Crippen LogP) is 4.82. The molecule has 0 aliphatic carbocycles. The third-order valence-corrected chi connectivity index (χ3v) is 1.62. The molecule has 0 fully saturated rings. The SMILES string of the molecule is CC.Cc1ccc(OC(F)(F)F)cc1OC(F)(F)F. The molecule has 0 heterocycles. The highest BCUT2D eigenvalue weighted by molar-refractivity contribution is 5.40. The van der Waals surface area contributed by atoms with Crippen molar-refractivity contribution in [1.82, 2.24) is 0 Å². The van der Waals surface area contributed by atoms with Crippen LogP contribution in [0.2, 0.25) is 0 Å². The van der Waals surface area contributed by atoms with Gasteiger partial charge in [-0.1, -0.05) is 19.9 Å². The molecule has 0 N–H and O–H groups in total. The van der Waals surface area contributed by atoms with E-state index in [2.05, 4.69) is 9.47 Å². The summed E-state index contributed by atoms with van der Waals surface area (Å²) in [4.78, 5) is 0. The van der Waals surface area contributed by atoms with Crippen molar-refractivity contribution >= 4 is 0 Å². The Balaban J connectivity index is 0.00000154. The van der Waals surface area contributed by atoms with Crippen molar-refractivity contribution in [2.24, 2.45) is 0 Å². The van der Waals surface area contributed by atoms with Crippen LogP contribution >= 0.6 is 0 Å². The maximum atomic E-state index is 11.9. The van der Waals surface area contributed by atoms with Gasteiger partial charge in [0, 0.05) is 6.07 Å². The molecule has 0 aromatic heterocycles. The van der Waals surface area contributed by atoms with Crippen LogP contribution in [0.15, 0.2) is 18.2 Å². The van der Waals surface area contributed by atoms with Gasteiger partial charge >= 0.3 is 12.7 Å². The number of halogens is 6. The van der Waals surface area contributed by atoms with Crippen LogP contribution in [0.1, 0.15) is 19.4 Å². The van der Waals surface area contributed by atoms with Gasteiger partial charge in [-0.3, -0.25) is 0 Å². The maximum absolute atomic E-state index is 11.9. The van der Waals surface area contributed by atoms with Crippen molar-refractivity contribution in [2.75, 3.05) is 0 Å². The Labute approximate surface area is 105 Å². The molecule has 0 atom stereocenters. The topological polar surface area (TPSA) is 18.5 Å². The first-order chi connectivity index (χ1) is 8.57. The molecule has 0 spiro atoms. The summed E-state index contributed by atoms with van der Waals surface area (Å²) in [5, 5.41) is 0. The lowest BCUT2D eigenvalue weighted by atomic mass is 10.2. The van der Waals surface area contributed by atoms with E-state index in [0.717, 1.165) is 12.1 Å². The Morgan fingerprint density at radius 1 is 0.842 bits per heavy atom. The van der Waals surface area contributed by atoms with E-state index < -0.39 is 24.2 Å². The lowest BCUT2D eigenvalue weighted by Gasteiger charge is -2.14. The first kappa shape index (κ1) is 17.4. The fourth-order valence-electron chi connectivity index (χ4n) is 1.01. The molecule has 2 nitrogen and oxygen atoms in total. The van der Waals surface area contributed by atoms with Crippen LogP contribution < -0.4 is 9.47 Å². The molecule has 0 aliphatic rings. The van der Waals surface area contributed by atoms with Crippen molar-refractivity contribution in [3.05, 3.63) is 23.8 Å². The zero-order valence-corrected chi connectivity index (χ0v) is 10.3. The molecule has 1 rings (SSSR count). The molecule has 0 amide bonds. The molecular formula is C11H12F6O2. The maximum Gasteiger partial charge on any atom is 0.573 e. The standard InChI is InChI=1S/C9H6F6O2.C2H6/c1-5-2-3-6(16-8(10,11)12)4-7(5)17-9(13,14)15;1-2/h2-4H,1H3;1-2H3. The third-order valence-electron chi connectivity index (χ3n) is 1.62. The van der Waals surface area contributed by atoms with E-state index in [1.165, 1.54) is 6.92 Å². The van der Waals surface area contributed by atoms with Crippen LogP contribution in [0.4, 0.5) is 26.3 Å². The molecule has 0 radical (unpaired) electrons. The fourth-order valence-corrected chi connectivity index (χ4v) is 1.01. The Hall–Kier alpha value is -1.60. The number of hydrogen-bond acceptors (Lipinski definition) is 2. The van der Waals surface area contributed by atoms with Crippen molar-refractivity contribution in [1.29, 1.82) is 0 Å². The summed E-state index contributed by atoms with van der Waals surface area (Å²) >= 11 is 0. The molecule has 1 aromatic carbocycles. The van der Waals surface area contributed by atoms with Gasteiger partial charge in [-0.2, -0.15) is 0 Å². The molecular weight excluding hydrogens is 278 g/mol. The minimum atomic E-state index is -4.97. The van der Waals surface area contributed by atoms with Gasteiger partial charge in [-0.25, -0.2) is 0 Å². The van der Waals surface area contributed by atoms with E-state index in [1.807, 2.05) is 13.8 Å². The number of hydrogen-bond donors (Lipinski definition) is 0. The first-order valence-electron chi connectivity index (χ1n) is 5.19. The van der Waals surface area contributed by atoms with Crippen molar-refractivity contribution < 1.29 is 35.8 Å². The summed E-state index contributed by atoms with van der Waals surface area (Å²) in [5.74, 6) is -1.51. The molecule has 0 saturated heterocycles. The fraction of sp³-hybridized carbons (Fsp3) is 0.455. The smallest absolute Gasteiger partial charge is 0.406 e. The van der Waals surface area contributed by atoms with Gasteiger partial charge in [0.2, 0.25) is 0 Å². The molecule has 0 unspecified atom stereocenters. The predicted molar refractivity (Wildman–Crippen MR) is 55.9 cm³/mol. The summed E-state index contributed by atoms with van der Waals surface area (Å²) in [5.41, 5.74) is 0.0387. The quantitative estimate of drug-likeness (QED) is 0.727. The third kappa shape index (κ3) is 7.43. The monoisotopic (exact) mass is 290 g/mol. The van der Waals surface area contributed by atoms with Crippen LogP contribution in [0, 0.1) is 6.92 Å². The number of aryl methyl sites for hydroxylation is 1. The number of alkyl halides is 6. The number of rotatable bonds is 2. The van der Waals surface area contributed by atoms with E-state index in [4.69, 9.17) is 0 Å². The summed E-state index contributed by atoms with van der Waals surface area (Å²) in [6.07, 6.45) is -9.94. The minimum absolute atomic E-state index is 0.0387. The van der Waals surface area contributed by atoms with E-state index in [1.54, 1.807) is 0 Å². The minimum Gasteiger partial charge on any atom is -0.406 e. The van der Waals surface area contributed by atoms with Gasteiger partial charge in [0.15, 0.2) is 0 Å². The molecule has 19 heavy (non-hydrogen) atoms. The average molecular weight is 290 g/mol. The molecule has 0 aliphatic heterocycles. The lowest BCUT2D eigenvalue weighted by molar-refractivity contribution is -0.276. The molecule has 0 bridgehead atoms. The highest BCUT2D eigenvalue weighted by Gasteiger charge is 2.34. The first-order valence-corrected chi connectivity index (χ1v) is 5.19. The summed E-state index contributed by atoms with van der Waals surface area (Å²) < 4.78 is 78.2. The van der Waals surface area contributed by atoms with Crippen molar-refractivity contribution in [3.63, 3.8) is 0 Å². The van der Waals surface area contributed by atoms with Gasteiger partial charge < -0.3 is 9.47 Å². The Bertz CT molecular complexity index is 397. The second kappa shape index (κ2) is 6.53. The Morgan fingerprint density at radius 3 is 1.74 bits per heavy atom. The summed E-state index contributed by atoms with van der Waals surface area (Å²) in [7, 11) is 0. The van der Waals surface area contributed by atoms with Crippen LogP contribution in [0.25, 0.3) is 0 Å². The van der Waals surface area contributed by atoms with Gasteiger partial charge in [0.05, 0.1) is 0 Å². The van der Waals surface area contributed by atoms with Crippen molar-refractivity contribution in [2.45, 2.75) is 33.5 Å². The average Bonchev–Trinajstić information content (AvgIpc) is 2.22. The van der Waals surface area contributed by atoms with Gasteiger partial charge in [-0.05, 0) is 18.6 Å². The molecule has 1 aromatic rings. The van der Waals surface area contributed by atoms with Crippen LogP contribution in [-0.2, 0) is 0 Å². The zero-order chi connectivity index (χ0) is 15.3. The Morgan fingerprint density at radius 2 is 1.32 bits per heavy atom. The van der Waals surface area contributed by atoms with Crippen molar-refractivity contribution in [3.8, 4) is 11.5 Å². The zero-order valence-electron chi connectivity index (χ0n) is 10.3. The Kier molecular flexibility index (Phi) is 5.98. The normalized spacial score (nSPS) is 11.4. The molecule has 0 saturated carbocycles. The highest BCUT2D eigenvalue weighted by Crippen LogP contribution is 2.31.